The number of anilines is 1. The Labute approximate surface area is 385 Å². The number of rotatable bonds is 29. The van der Waals surface area contributed by atoms with Gasteiger partial charge in [0, 0.05) is 26.2 Å². The molecular formula is C41H69N5O16P2S. The molecule has 370 valence electrons. The van der Waals surface area contributed by atoms with E-state index in [-0.39, 0.29) is 23.4 Å². The molecule has 12 atom stereocenters. The first-order valence-electron chi connectivity index (χ1n) is 22.6. The van der Waals surface area contributed by atoms with Crippen LogP contribution in [0.15, 0.2) is 12.7 Å². The molecule has 0 aromatic carbocycles. The van der Waals surface area contributed by atoms with E-state index < -0.39 is 107 Å². The van der Waals surface area contributed by atoms with Crippen molar-refractivity contribution in [3.05, 3.63) is 12.7 Å². The van der Waals surface area contributed by atoms with Crippen LogP contribution in [-0.2, 0) is 67.8 Å². The number of fused-ring (bicyclic) bond motifs is 1. The number of imidazole rings is 1. The summed E-state index contributed by atoms with van der Waals surface area (Å²) in [5.74, 6) is -3.20. The lowest BCUT2D eigenvalue weighted by atomic mass is 9.81. The van der Waals surface area contributed by atoms with Gasteiger partial charge in [0.1, 0.15) is 42.9 Å². The molecule has 0 spiro atoms. The maximum Gasteiger partial charge on any atom is 0.481 e. The second-order valence-corrected chi connectivity index (χ2v) is 21.2. The van der Waals surface area contributed by atoms with E-state index in [1.807, 2.05) is 0 Å². The topological polar surface area (TPSA) is 293 Å². The fraction of sp³-hybridized carbons (Fsp3) is 0.805. The Hall–Kier alpha value is -2.72. The minimum Gasteiger partial charge on any atom is -0.462 e. The van der Waals surface area contributed by atoms with Crippen LogP contribution in [0, 0.1) is 11.8 Å². The van der Waals surface area contributed by atoms with E-state index in [0.29, 0.717) is 6.42 Å². The van der Waals surface area contributed by atoms with Crippen molar-refractivity contribution in [1.29, 1.82) is 0 Å². The average Bonchev–Trinajstić information content (AvgIpc) is 3.79. The van der Waals surface area contributed by atoms with Gasteiger partial charge >= 0.3 is 32.4 Å². The zero-order valence-electron chi connectivity index (χ0n) is 38.0. The summed E-state index contributed by atoms with van der Waals surface area (Å²) >= 11 is 4.98. The van der Waals surface area contributed by atoms with Crippen molar-refractivity contribution in [2.24, 2.45) is 11.8 Å². The Balaban J connectivity index is 1.27. The molecule has 0 saturated carbocycles. The second-order valence-electron chi connectivity index (χ2n) is 16.8. The van der Waals surface area contributed by atoms with Crippen molar-refractivity contribution >= 4 is 61.2 Å². The van der Waals surface area contributed by atoms with E-state index in [1.54, 1.807) is 13.8 Å². The highest BCUT2D eigenvalue weighted by molar-refractivity contribution is 8.08. The van der Waals surface area contributed by atoms with E-state index >= 15 is 0 Å². The van der Waals surface area contributed by atoms with Gasteiger partial charge in [0.05, 0.1) is 12.9 Å². The number of phosphoric ester groups is 1. The molecule has 2 fully saturated rings. The van der Waals surface area contributed by atoms with E-state index in [2.05, 4.69) is 21.9 Å². The monoisotopic (exact) mass is 981 g/mol. The Morgan fingerprint density at radius 3 is 2.05 bits per heavy atom. The molecule has 2 aliphatic rings. The normalized spacial score (nSPS) is 26.9. The first-order chi connectivity index (χ1) is 30.8. The smallest absolute Gasteiger partial charge is 0.462 e. The van der Waals surface area contributed by atoms with Gasteiger partial charge in [0.15, 0.2) is 29.9 Å². The summed E-state index contributed by atoms with van der Waals surface area (Å²) in [5, 5.41) is 21.5. The SMILES string of the molecule is CCCCCCCCCCCCCCCCCC(=O)OC[C@@H](OC(C)=O)C1O[C@@H](OP(=O)(O)OP(O)(=S)OC[C@H]2O[C@@H](n3cnc4c(N)ncnc43)C(O)[C@H]2O)[C@H](OC(C)=O)C(C)[C@@H]1C. The summed E-state index contributed by atoms with van der Waals surface area (Å²) in [4.78, 5) is 71.0. The molecule has 2 aliphatic heterocycles. The van der Waals surface area contributed by atoms with Crippen LogP contribution in [0.3, 0.4) is 0 Å². The number of carbonyl (C=O) groups is 3. The summed E-state index contributed by atoms with van der Waals surface area (Å²) in [6, 6.07) is 0. The number of esters is 3. The molecule has 0 aliphatic carbocycles. The second kappa shape index (κ2) is 26.7. The molecule has 0 amide bonds. The van der Waals surface area contributed by atoms with Gasteiger partial charge in [0.25, 0.3) is 0 Å². The van der Waals surface area contributed by atoms with Gasteiger partial charge in [-0.25, -0.2) is 23.8 Å². The van der Waals surface area contributed by atoms with Crippen molar-refractivity contribution in [2.45, 2.75) is 186 Å². The number of carbonyl (C=O) groups excluding carboxylic acids is 3. The van der Waals surface area contributed by atoms with Crippen LogP contribution in [0.25, 0.3) is 11.2 Å². The highest BCUT2D eigenvalue weighted by Gasteiger charge is 2.51. The molecule has 21 nitrogen and oxygen atoms in total. The predicted molar refractivity (Wildman–Crippen MR) is 239 cm³/mol. The molecule has 2 aromatic heterocycles. The Kier molecular flexibility index (Phi) is 22.6. The number of ether oxygens (including phenoxy) is 5. The molecule has 0 radical (unpaired) electrons. The van der Waals surface area contributed by atoms with Crippen LogP contribution in [0.2, 0.25) is 0 Å². The van der Waals surface area contributed by atoms with Crippen molar-refractivity contribution in [2.75, 3.05) is 18.9 Å². The van der Waals surface area contributed by atoms with Gasteiger partial charge in [-0.3, -0.25) is 23.5 Å². The first-order valence-corrected chi connectivity index (χ1v) is 26.7. The number of phosphoric acid groups is 1. The van der Waals surface area contributed by atoms with Gasteiger partial charge in [-0.05, 0) is 24.1 Å². The summed E-state index contributed by atoms with van der Waals surface area (Å²) in [5.41, 5.74) is 6.25. The molecule has 4 heterocycles. The molecule has 0 bridgehead atoms. The minimum atomic E-state index is -5.46. The Morgan fingerprint density at radius 2 is 1.46 bits per heavy atom. The van der Waals surface area contributed by atoms with E-state index in [4.69, 9.17) is 54.6 Å². The lowest BCUT2D eigenvalue weighted by Crippen LogP contribution is -2.56. The number of aliphatic hydroxyl groups is 2. The van der Waals surface area contributed by atoms with Crippen LogP contribution in [0.1, 0.15) is 144 Å². The van der Waals surface area contributed by atoms with E-state index in [9.17, 15) is 38.9 Å². The lowest BCUT2D eigenvalue weighted by molar-refractivity contribution is -0.270. The van der Waals surface area contributed by atoms with Gasteiger partial charge < -0.3 is 53.9 Å². The molecule has 2 saturated heterocycles. The largest absolute Gasteiger partial charge is 0.481 e. The predicted octanol–water partition coefficient (Wildman–Crippen LogP) is 6.06. The van der Waals surface area contributed by atoms with Crippen molar-refractivity contribution < 1.29 is 76.0 Å². The zero-order chi connectivity index (χ0) is 47.7. The maximum absolute atomic E-state index is 13.4. The van der Waals surface area contributed by atoms with E-state index in [1.165, 1.54) is 87.9 Å². The van der Waals surface area contributed by atoms with Gasteiger partial charge in [-0.2, -0.15) is 0 Å². The molecule has 24 heteroatoms. The number of nitrogens with zero attached hydrogens (tertiary/aromatic N) is 4. The van der Waals surface area contributed by atoms with Crippen LogP contribution in [-0.4, -0.2) is 114 Å². The maximum atomic E-state index is 13.4. The van der Waals surface area contributed by atoms with Crippen molar-refractivity contribution in [3.8, 4) is 0 Å². The van der Waals surface area contributed by atoms with Crippen LogP contribution < -0.4 is 5.73 Å². The van der Waals surface area contributed by atoms with Crippen molar-refractivity contribution in [3.63, 3.8) is 0 Å². The number of aromatic nitrogens is 4. The van der Waals surface area contributed by atoms with Crippen LogP contribution in [0.5, 0.6) is 0 Å². The summed E-state index contributed by atoms with van der Waals surface area (Å²) in [7, 11) is -5.46. The summed E-state index contributed by atoms with van der Waals surface area (Å²) in [6.07, 6.45) is 9.08. The Bertz CT molecular complexity index is 1910. The molecule has 65 heavy (non-hydrogen) atoms. The highest BCUT2D eigenvalue weighted by atomic mass is 32.5. The lowest BCUT2D eigenvalue weighted by Gasteiger charge is -2.45. The number of aliphatic hydroxyl groups excluding tert-OH is 2. The summed E-state index contributed by atoms with van der Waals surface area (Å²) in [6.45, 7) is 1.98. The quantitative estimate of drug-likeness (QED) is 0.0268. The zero-order valence-corrected chi connectivity index (χ0v) is 40.6. The van der Waals surface area contributed by atoms with Gasteiger partial charge in [-0.1, -0.05) is 111 Å². The number of hydrogen-bond acceptors (Lipinski definition) is 19. The third-order valence-corrected chi connectivity index (χ3v) is 15.2. The van der Waals surface area contributed by atoms with Gasteiger partial charge in [0.2, 0.25) is 6.29 Å². The van der Waals surface area contributed by atoms with Gasteiger partial charge in [-0.15, -0.1) is 0 Å². The third kappa shape index (κ3) is 17.4. The molecule has 5 unspecified atom stereocenters. The fourth-order valence-electron chi connectivity index (χ4n) is 7.99. The highest BCUT2D eigenvalue weighted by Crippen LogP contribution is 2.62. The minimum absolute atomic E-state index is 0.0679. The van der Waals surface area contributed by atoms with Crippen molar-refractivity contribution in [1.82, 2.24) is 19.5 Å². The number of nitrogens with two attached hydrogens (primary N) is 1. The number of hydrogen-bond donors (Lipinski definition) is 5. The molecule has 4 rings (SSSR count). The van der Waals surface area contributed by atoms with Crippen LogP contribution >= 0.6 is 14.5 Å². The Morgan fingerprint density at radius 1 is 0.862 bits per heavy atom. The first kappa shape index (κ1) is 54.9. The van der Waals surface area contributed by atoms with Crippen LogP contribution in [0.4, 0.5) is 5.82 Å². The van der Waals surface area contributed by atoms with E-state index in [0.717, 1.165) is 33.1 Å². The number of unbranched alkanes of at least 4 members (excludes halogenated alkanes) is 14. The third-order valence-electron chi connectivity index (χ3n) is 11.6. The molecule has 2 aromatic rings. The molecule has 6 N–H and O–H groups in total. The molecular weight excluding hydrogens is 912 g/mol. The fourth-order valence-corrected chi connectivity index (χ4v) is 11.1. The number of nitrogen functional groups attached to an aromatic ring is 1. The summed E-state index contributed by atoms with van der Waals surface area (Å²) < 4.78 is 58.5. The standard InChI is InChI=1S/C41H69N5O16P2S/c1-6-7-8-9-10-11-12-13-14-15-16-17-18-19-20-21-32(49)55-22-31(57-28(4)47)36-26(2)27(3)37(58-29(5)48)41(60-36)61-63(52,53)62-64(54,65)56-23-30-34(50)35(51)40(59-30)46-25-45-33-38(42)43-24-44-39(33)46/h24-27,30-31,34-37,40-41,50-51H,6-23H2,1-5H3,(H,52,53)(H,54,65)(H2,42,43,44)/t26-,27?,30+,31+,34-,35?,36?,37+,40+,41-,64?/m0/s1. The average molecular weight is 982 g/mol.